The van der Waals surface area contributed by atoms with Gasteiger partial charge in [0.2, 0.25) is 5.91 Å². The number of likely N-dealkylation sites (tertiary alicyclic amines) is 1. The highest BCUT2D eigenvalue weighted by Gasteiger charge is 2.32. The molecule has 2 fully saturated rings. The fourth-order valence-electron chi connectivity index (χ4n) is 3.29. The van der Waals surface area contributed by atoms with E-state index in [1.807, 2.05) is 6.92 Å². The van der Waals surface area contributed by atoms with Crippen molar-refractivity contribution in [2.75, 3.05) is 13.1 Å². The Hall–Kier alpha value is -1.10. The van der Waals surface area contributed by atoms with E-state index in [1.165, 1.54) is 17.7 Å². The average Bonchev–Trinajstić information content (AvgIpc) is 2.90. The van der Waals surface area contributed by atoms with E-state index in [9.17, 15) is 9.59 Å². The standard InChI is InChI=1S/C14H25N3O2/c1-10(14(19)16-12-4-2-3-5-12)17-8-6-11(7-9-17)13(15)18/h10-12H,2-9H2,1H3,(H2,15,18)(H,16,19)/p+1/t10-/m0/s1. The van der Waals surface area contributed by atoms with Gasteiger partial charge in [0.05, 0.1) is 13.1 Å². The molecule has 1 aliphatic heterocycles. The van der Waals surface area contributed by atoms with Crippen molar-refractivity contribution in [3.8, 4) is 0 Å². The lowest BCUT2D eigenvalue weighted by atomic mass is 9.95. The van der Waals surface area contributed by atoms with Gasteiger partial charge >= 0.3 is 0 Å². The maximum absolute atomic E-state index is 12.2. The largest absolute Gasteiger partial charge is 0.369 e. The first-order valence-corrected chi connectivity index (χ1v) is 7.52. The van der Waals surface area contributed by atoms with Crippen LogP contribution in [0.5, 0.6) is 0 Å². The lowest BCUT2D eigenvalue weighted by Gasteiger charge is -2.31. The first-order valence-electron chi connectivity index (χ1n) is 7.52. The van der Waals surface area contributed by atoms with Gasteiger partial charge in [-0.05, 0) is 19.8 Å². The van der Waals surface area contributed by atoms with Crippen LogP contribution in [0, 0.1) is 5.92 Å². The summed E-state index contributed by atoms with van der Waals surface area (Å²) in [5, 5.41) is 3.16. The quantitative estimate of drug-likeness (QED) is 0.625. The summed E-state index contributed by atoms with van der Waals surface area (Å²) >= 11 is 0. The molecular weight excluding hydrogens is 242 g/mol. The highest BCUT2D eigenvalue weighted by atomic mass is 16.2. The third-order valence-electron chi connectivity index (χ3n) is 4.74. The zero-order chi connectivity index (χ0) is 13.8. The molecule has 5 heteroatoms. The Kier molecular flexibility index (Phi) is 4.80. The molecule has 1 heterocycles. The number of piperidine rings is 1. The molecule has 1 aliphatic carbocycles. The number of nitrogens with one attached hydrogen (secondary N) is 2. The Balaban J connectivity index is 1.78. The minimum absolute atomic E-state index is 0.00819. The molecule has 19 heavy (non-hydrogen) atoms. The smallest absolute Gasteiger partial charge is 0.278 e. The Morgan fingerprint density at radius 3 is 2.26 bits per heavy atom. The second-order valence-corrected chi connectivity index (χ2v) is 6.05. The molecule has 0 bridgehead atoms. The molecule has 2 aliphatic rings. The van der Waals surface area contributed by atoms with E-state index < -0.39 is 0 Å². The van der Waals surface area contributed by atoms with Gasteiger partial charge in [-0.3, -0.25) is 9.59 Å². The Morgan fingerprint density at radius 1 is 1.16 bits per heavy atom. The molecule has 2 rings (SSSR count). The van der Waals surface area contributed by atoms with Crippen LogP contribution in [0.3, 0.4) is 0 Å². The van der Waals surface area contributed by atoms with Gasteiger partial charge in [0.25, 0.3) is 5.91 Å². The van der Waals surface area contributed by atoms with Crippen LogP contribution in [-0.4, -0.2) is 37.0 Å². The number of carbonyl (C=O) groups excluding carboxylic acids is 2. The van der Waals surface area contributed by atoms with E-state index >= 15 is 0 Å². The van der Waals surface area contributed by atoms with E-state index in [-0.39, 0.29) is 23.8 Å². The predicted molar refractivity (Wildman–Crippen MR) is 72.5 cm³/mol. The fourth-order valence-corrected chi connectivity index (χ4v) is 3.29. The Bertz CT molecular complexity index is 332. The minimum Gasteiger partial charge on any atom is -0.369 e. The summed E-state index contributed by atoms with van der Waals surface area (Å²) in [4.78, 5) is 24.6. The molecule has 1 saturated heterocycles. The summed E-state index contributed by atoms with van der Waals surface area (Å²) < 4.78 is 0. The van der Waals surface area contributed by atoms with Crippen molar-refractivity contribution in [2.24, 2.45) is 11.7 Å². The molecule has 1 atom stereocenters. The van der Waals surface area contributed by atoms with Crippen LogP contribution in [0.15, 0.2) is 0 Å². The first kappa shape index (κ1) is 14.3. The SMILES string of the molecule is C[C@@H](C(=O)NC1CCCC1)[NH+]1CCC(C(N)=O)CC1. The van der Waals surface area contributed by atoms with Gasteiger partial charge in [0.1, 0.15) is 0 Å². The fraction of sp³-hybridized carbons (Fsp3) is 0.857. The topological polar surface area (TPSA) is 76.6 Å². The highest BCUT2D eigenvalue weighted by molar-refractivity contribution is 5.80. The lowest BCUT2D eigenvalue weighted by Crippen LogP contribution is -3.17. The van der Waals surface area contributed by atoms with Crippen molar-refractivity contribution in [2.45, 2.75) is 57.5 Å². The van der Waals surface area contributed by atoms with Crippen molar-refractivity contribution in [1.82, 2.24) is 5.32 Å². The third kappa shape index (κ3) is 3.69. The van der Waals surface area contributed by atoms with Gasteiger partial charge in [-0.2, -0.15) is 0 Å². The third-order valence-corrected chi connectivity index (χ3v) is 4.74. The molecule has 0 aromatic rings. The summed E-state index contributed by atoms with van der Waals surface area (Å²) in [6.45, 7) is 3.73. The van der Waals surface area contributed by atoms with Crippen molar-refractivity contribution in [3.05, 3.63) is 0 Å². The van der Waals surface area contributed by atoms with Gasteiger partial charge in [-0.1, -0.05) is 12.8 Å². The number of amides is 2. The molecule has 0 aromatic heterocycles. The number of primary amides is 1. The summed E-state index contributed by atoms with van der Waals surface area (Å²) in [6, 6.07) is 0.368. The van der Waals surface area contributed by atoms with Crippen LogP contribution >= 0.6 is 0 Å². The van der Waals surface area contributed by atoms with Crippen LogP contribution in [0.25, 0.3) is 0 Å². The van der Waals surface area contributed by atoms with E-state index in [0.717, 1.165) is 38.8 Å². The normalized spacial score (nSPS) is 29.9. The molecule has 0 unspecified atom stereocenters. The molecule has 2 amide bonds. The molecule has 0 spiro atoms. The number of nitrogens with two attached hydrogens (primary N) is 1. The Labute approximate surface area is 114 Å². The minimum atomic E-state index is -0.192. The van der Waals surface area contributed by atoms with Crippen LogP contribution in [0.1, 0.15) is 45.4 Å². The maximum Gasteiger partial charge on any atom is 0.278 e. The van der Waals surface area contributed by atoms with Gasteiger partial charge in [0.15, 0.2) is 6.04 Å². The van der Waals surface area contributed by atoms with Gasteiger partial charge in [0, 0.05) is 24.8 Å². The maximum atomic E-state index is 12.2. The van der Waals surface area contributed by atoms with E-state index in [1.54, 1.807) is 0 Å². The molecule has 5 nitrogen and oxygen atoms in total. The highest BCUT2D eigenvalue weighted by Crippen LogP contribution is 2.17. The molecular formula is C14H26N3O2+. The number of hydrogen-bond donors (Lipinski definition) is 3. The molecule has 0 aromatic carbocycles. The first-order chi connectivity index (χ1) is 9.08. The van der Waals surface area contributed by atoms with Crippen LogP contribution in [0.4, 0.5) is 0 Å². The lowest BCUT2D eigenvalue weighted by molar-refractivity contribution is -0.919. The van der Waals surface area contributed by atoms with Crippen LogP contribution in [0.2, 0.25) is 0 Å². The van der Waals surface area contributed by atoms with E-state index in [4.69, 9.17) is 5.73 Å². The summed E-state index contributed by atoms with van der Waals surface area (Å²) in [7, 11) is 0. The van der Waals surface area contributed by atoms with E-state index in [0.29, 0.717) is 6.04 Å². The van der Waals surface area contributed by atoms with Gasteiger partial charge in [-0.15, -0.1) is 0 Å². The van der Waals surface area contributed by atoms with Gasteiger partial charge < -0.3 is 16.0 Å². The predicted octanol–water partition coefficient (Wildman–Crippen LogP) is -0.786. The van der Waals surface area contributed by atoms with Crippen molar-refractivity contribution >= 4 is 11.8 Å². The molecule has 108 valence electrons. The van der Waals surface area contributed by atoms with Crippen LogP contribution < -0.4 is 16.0 Å². The summed E-state index contributed by atoms with van der Waals surface area (Å²) in [5.41, 5.74) is 5.33. The average molecular weight is 268 g/mol. The molecule has 1 saturated carbocycles. The van der Waals surface area contributed by atoms with Crippen molar-refractivity contribution in [1.29, 1.82) is 0 Å². The van der Waals surface area contributed by atoms with Crippen LogP contribution in [-0.2, 0) is 9.59 Å². The monoisotopic (exact) mass is 268 g/mol. The second kappa shape index (κ2) is 6.37. The Morgan fingerprint density at radius 2 is 1.74 bits per heavy atom. The second-order valence-electron chi connectivity index (χ2n) is 6.05. The zero-order valence-corrected chi connectivity index (χ0v) is 11.8. The number of carbonyl (C=O) groups is 2. The zero-order valence-electron chi connectivity index (χ0n) is 11.8. The van der Waals surface area contributed by atoms with Crippen molar-refractivity contribution < 1.29 is 14.5 Å². The van der Waals surface area contributed by atoms with E-state index in [2.05, 4.69) is 5.32 Å². The summed E-state index contributed by atoms with van der Waals surface area (Å²) in [6.07, 6.45) is 6.33. The number of quaternary nitrogens is 1. The number of rotatable bonds is 4. The molecule has 4 N–H and O–H groups in total. The van der Waals surface area contributed by atoms with Gasteiger partial charge in [-0.25, -0.2) is 0 Å². The molecule has 0 radical (unpaired) electrons. The number of hydrogen-bond acceptors (Lipinski definition) is 2. The summed E-state index contributed by atoms with van der Waals surface area (Å²) in [5.74, 6) is -0.0182. The van der Waals surface area contributed by atoms with Crippen molar-refractivity contribution in [3.63, 3.8) is 0 Å².